The molecule has 0 unspecified atom stereocenters. The van der Waals surface area contributed by atoms with Gasteiger partial charge in [0.1, 0.15) is 0 Å². The number of nitro groups is 1. The fourth-order valence-electron chi connectivity index (χ4n) is 2.52. The average Bonchev–Trinajstić information content (AvgIpc) is 3.05. The number of benzene rings is 1. The number of rotatable bonds is 7. The Bertz CT molecular complexity index is 541. The number of non-ortho nitro benzene ring substituents is 1. The maximum absolute atomic E-state index is 12.2. The average molecular weight is 321 g/mol. The maximum Gasteiger partial charge on any atom is 0.269 e. The first kappa shape index (κ1) is 17.4. The van der Waals surface area contributed by atoms with Crippen LogP contribution in [0, 0.1) is 10.1 Å². The van der Waals surface area contributed by atoms with E-state index in [-0.39, 0.29) is 23.7 Å². The van der Waals surface area contributed by atoms with Gasteiger partial charge in [-0.15, -0.1) is 0 Å². The molecule has 0 saturated carbocycles. The summed E-state index contributed by atoms with van der Waals surface area (Å²) >= 11 is 0. The number of carbonyl (C=O) groups excluding carboxylic acids is 1. The van der Waals surface area contributed by atoms with Gasteiger partial charge in [-0.25, -0.2) is 0 Å². The second kappa shape index (κ2) is 8.03. The highest BCUT2D eigenvalue weighted by Crippen LogP contribution is 2.14. The van der Waals surface area contributed by atoms with E-state index in [0.29, 0.717) is 13.1 Å². The summed E-state index contributed by atoms with van der Waals surface area (Å²) in [5.74, 6) is -0.0371. The summed E-state index contributed by atoms with van der Waals surface area (Å²) in [5.41, 5.74) is 0.996. The van der Waals surface area contributed by atoms with Gasteiger partial charge in [0.05, 0.1) is 17.1 Å². The van der Waals surface area contributed by atoms with E-state index in [1.54, 1.807) is 12.1 Å². The minimum atomic E-state index is -0.422. The smallest absolute Gasteiger partial charge is 0.269 e. The number of nitrogens with zero attached hydrogens (tertiary/aromatic N) is 2. The molecule has 23 heavy (non-hydrogen) atoms. The molecule has 2 rings (SSSR count). The van der Waals surface area contributed by atoms with Crippen LogP contribution in [0.5, 0.6) is 0 Å². The Hall–Kier alpha value is -1.99. The number of ether oxygens (including phenoxy) is 1. The molecule has 1 fully saturated rings. The zero-order valence-corrected chi connectivity index (χ0v) is 13.5. The van der Waals surface area contributed by atoms with E-state index in [2.05, 4.69) is 5.32 Å². The van der Waals surface area contributed by atoms with Crippen LogP contribution in [-0.4, -0.2) is 48.1 Å². The van der Waals surface area contributed by atoms with E-state index in [1.807, 2.05) is 18.9 Å². The van der Waals surface area contributed by atoms with Crippen LogP contribution < -0.4 is 5.32 Å². The zero-order valence-electron chi connectivity index (χ0n) is 13.5. The Labute approximate surface area is 135 Å². The predicted molar refractivity (Wildman–Crippen MR) is 86.0 cm³/mol. The van der Waals surface area contributed by atoms with Crippen molar-refractivity contribution in [2.75, 3.05) is 20.2 Å². The van der Waals surface area contributed by atoms with Crippen LogP contribution in [0.15, 0.2) is 24.3 Å². The van der Waals surface area contributed by atoms with E-state index >= 15 is 0 Å². The molecule has 0 aliphatic carbocycles. The van der Waals surface area contributed by atoms with Gasteiger partial charge in [0.2, 0.25) is 5.91 Å². The second-order valence-electron chi connectivity index (χ2n) is 5.89. The van der Waals surface area contributed by atoms with Gasteiger partial charge in [0.15, 0.2) is 0 Å². The topological polar surface area (TPSA) is 84.7 Å². The molecule has 0 bridgehead atoms. The van der Waals surface area contributed by atoms with Crippen molar-refractivity contribution < 1.29 is 14.5 Å². The minimum absolute atomic E-state index is 0.0371. The molecule has 1 aromatic carbocycles. The second-order valence-corrected chi connectivity index (χ2v) is 5.89. The lowest BCUT2D eigenvalue weighted by Crippen LogP contribution is -2.45. The summed E-state index contributed by atoms with van der Waals surface area (Å²) in [7, 11) is 1.86. The molecule has 1 heterocycles. The van der Waals surface area contributed by atoms with Gasteiger partial charge < -0.3 is 10.1 Å². The van der Waals surface area contributed by atoms with Crippen LogP contribution in [0.1, 0.15) is 25.3 Å². The number of nitro benzene ring substituents is 1. The van der Waals surface area contributed by atoms with Crippen molar-refractivity contribution in [2.45, 2.75) is 38.5 Å². The molecule has 0 radical (unpaired) electrons. The van der Waals surface area contributed by atoms with Crippen LogP contribution in [-0.2, 0) is 16.1 Å². The summed E-state index contributed by atoms with van der Waals surface area (Å²) in [6.07, 6.45) is 2.18. The third-order valence-electron chi connectivity index (χ3n) is 4.15. The maximum atomic E-state index is 12.2. The molecule has 1 aromatic rings. The van der Waals surface area contributed by atoms with Crippen molar-refractivity contribution in [3.63, 3.8) is 0 Å². The largest absolute Gasteiger partial charge is 0.376 e. The summed E-state index contributed by atoms with van der Waals surface area (Å²) in [6, 6.07) is 6.10. The number of hydrogen-bond donors (Lipinski definition) is 1. The van der Waals surface area contributed by atoms with Gasteiger partial charge in [0.25, 0.3) is 5.69 Å². The summed E-state index contributed by atoms with van der Waals surface area (Å²) < 4.78 is 5.49. The zero-order chi connectivity index (χ0) is 16.8. The van der Waals surface area contributed by atoms with Crippen molar-refractivity contribution >= 4 is 11.6 Å². The Morgan fingerprint density at radius 2 is 2.17 bits per heavy atom. The fraction of sp³-hybridized carbons (Fsp3) is 0.562. The first-order valence-corrected chi connectivity index (χ1v) is 7.80. The van der Waals surface area contributed by atoms with Crippen LogP contribution in [0.2, 0.25) is 0 Å². The third-order valence-corrected chi connectivity index (χ3v) is 4.15. The molecule has 2 atom stereocenters. The highest BCUT2D eigenvalue weighted by atomic mass is 16.6. The highest BCUT2D eigenvalue weighted by Gasteiger charge is 2.21. The predicted octanol–water partition coefficient (Wildman–Crippen LogP) is 1.71. The van der Waals surface area contributed by atoms with Crippen LogP contribution in [0.3, 0.4) is 0 Å². The summed E-state index contributed by atoms with van der Waals surface area (Å²) in [4.78, 5) is 24.3. The van der Waals surface area contributed by atoms with Crippen molar-refractivity contribution in [3.05, 3.63) is 39.9 Å². The molecule has 1 amide bonds. The number of hydrogen-bond acceptors (Lipinski definition) is 5. The van der Waals surface area contributed by atoms with Crippen molar-refractivity contribution in [3.8, 4) is 0 Å². The standard InChI is InChI=1S/C16H23N3O4/c1-12(16(20)17-10-15-4-3-9-23-15)18(2)11-13-5-7-14(8-6-13)19(21)22/h5-8,12,15H,3-4,9-11H2,1-2H3,(H,17,20)/t12-,15-/m1/s1. The van der Waals surface area contributed by atoms with Gasteiger partial charge >= 0.3 is 0 Å². The molecule has 1 saturated heterocycles. The molecular formula is C16H23N3O4. The Kier molecular flexibility index (Phi) is 6.06. The number of nitrogens with one attached hydrogen (secondary N) is 1. The van der Waals surface area contributed by atoms with Gasteiger partial charge in [-0.05, 0) is 32.4 Å². The van der Waals surface area contributed by atoms with Crippen LogP contribution in [0.4, 0.5) is 5.69 Å². The molecule has 7 heteroatoms. The van der Waals surface area contributed by atoms with Crippen LogP contribution in [0.25, 0.3) is 0 Å². The fourth-order valence-corrected chi connectivity index (χ4v) is 2.52. The quantitative estimate of drug-likeness (QED) is 0.610. The Morgan fingerprint density at radius 3 is 2.74 bits per heavy atom. The lowest BCUT2D eigenvalue weighted by atomic mass is 10.1. The van der Waals surface area contributed by atoms with E-state index in [1.165, 1.54) is 12.1 Å². The molecule has 1 N–H and O–H groups in total. The molecule has 0 aromatic heterocycles. The highest BCUT2D eigenvalue weighted by molar-refractivity contribution is 5.81. The molecule has 1 aliphatic rings. The number of amides is 1. The van der Waals surface area contributed by atoms with E-state index in [4.69, 9.17) is 4.74 Å². The van der Waals surface area contributed by atoms with Gasteiger partial charge in [-0.3, -0.25) is 19.8 Å². The van der Waals surface area contributed by atoms with E-state index in [9.17, 15) is 14.9 Å². The van der Waals surface area contributed by atoms with Crippen molar-refractivity contribution in [1.82, 2.24) is 10.2 Å². The number of carbonyl (C=O) groups is 1. The lowest BCUT2D eigenvalue weighted by Gasteiger charge is -2.24. The monoisotopic (exact) mass is 321 g/mol. The van der Waals surface area contributed by atoms with Crippen LogP contribution >= 0.6 is 0 Å². The molecular weight excluding hydrogens is 298 g/mol. The number of likely N-dealkylation sites (N-methyl/N-ethyl adjacent to an activating group) is 1. The Balaban J connectivity index is 1.82. The lowest BCUT2D eigenvalue weighted by molar-refractivity contribution is -0.384. The van der Waals surface area contributed by atoms with Gasteiger partial charge in [0, 0.05) is 31.8 Å². The minimum Gasteiger partial charge on any atom is -0.376 e. The van der Waals surface area contributed by atoms with E-state index in [0.717, 1.165) is 25.0 Å². The summed E-state index contributed by atoms with van der Waals surface area (Å²) in [5, 5.41) is 13.6. The molecule has 1 aliphatic heterocycles. The van der Waals surface area contributed by atoms with E-state index < -0.39 is 4.92 Å². The van der Waals surface area contributed by atoms with Crippen molar-refractivity contribution in [2.24, 2.45) is 0 Å². The van der Waals surface area contributed by atoms with Gasteiger partial charge in [-0.1, -0.05) is 12.1 Å². The summed E-state index contributed by atoms with van der Waals surface area (Å²) in [6.45, 7) is 3.72. The van der Waals surface area contributed by atoms with Gasteiger partial charge in [-0.2, -0.15) is 0 Å². The normalized spacial score (nSPS) is 18.8. The molecule has 7 nitrogen and oxygen atoms in total. The first-order chi connectivity index (χ1) is 11.0. The van der Waals surface area contributed by atoms with Crippen molar-refractivity contribution in [1.29, 1.82) is 0 Å². The SMILES string of the molecule is C[C@H](C(=O)NC[C@H]1CCCO1)N(C)Cc1ccc([N+](=O)[O-])cc1. The first-order valence-electron chi connectivity index (χ1n) is 7.80. The molecule has 126 valence electrons. The third kappa shape index (κ3) is 5.01. The molecule has 0 spiro atoms. The Morgan fingerprint density at radius 1 is 1.48 bits per heavy atom.